The van der Waals surface area contributed by atoms with Gasteiger partial charge < -0.3 is 9.84 Å². The molecule has 6 heteroatoms. The third-order valence-electron chi connectivity index (χ3n) is 3.60. The van der Waals surface area contributed by atoms with Gasteiger partial charge in [0.2, 0.25) is 0 Å². The predicted octanol–water partition coefficient (Wildman–Crippen LogP) is 2.75. The molecule has 114 valence electrons. The lowest BCUT2D eigenvalue weighted by atomic mass is 10.0. The van der Waals surface area contributed by atoms with Crippen LogP contribution in [0, 0.1) is 0 Å². The summed E-state index contributed by atoms with van der Waals surface area (Å²) in [4.78, 5) is 11.8. The summed E-state index contributed by atoms with van der Waals surface area (Å²) in [5.41, 5.74) is 1.47. The van der Waals surface area contributed by atoms with Crippen molar-refractivity contribution >= 4 is 22.6 Å². The standard InChI is InChI=1S/C16H15NO4S/c1-21-14-9-5-8-12-13(10-15(18)19)17(22(20)16(12)14)11-6-3-2-4-7-11/h2-9,13H,10H2,1H3,(H,18,19). The van der Waals surface area contributed by atoms with E-state index in [9.17, 15) is 14.1 Å². The van der Waals surface area contributed by atoms with E-state index in [2.05, 4.69) is 0 Å². The number of ether oxygens (including phenoxy) is 1. The van der Waals surface area contributed by atoms with Crippen LogP contribution in [0.1, 0.15) is 18.0 Å². The topological polar surface area (TPSA) is 66.8 Å². The number of benzene rings is 2. The van der Waals surface area contributed by atoms with Crippen molar-refractivity contribution in [3.8, 4) is 5.75 Å². The van der Waals surface area contributed by atoms with Gasteiger partial charge in [0.05, 0.1) is 25.3 Å². The van der Waals surface area contributed by atoms with Gasteiger partial charge in [0.25, 0.3) is 0 Å². The summed E-state index contributed by atoms with van der Waals surface area (Å²) in [6.07, 6.45) is -0.124. The van der Waals surface area contributed by atoms with Crippen LogP contribution in [0.5, 0.6) is 5.75 Å². The van der Waals surface area contributed by atoms with E-state index in [4.69, 9.17) is 4.74 Å². The molecule has 0 saturated carbocycles. The Hall–Kier alpha value is -2.34. The van der Waals surface area contributed by atoms with Crippen LogP contribution in [0.15, 0.2) is 53.4 Å². The maximum absolute atomic E-state index is 12.9. The number of hydrogen-bond acceptors (Lipinski definition) is 3. The van der Waals surface area contributed by atoms with E-state index in [1.54, 1.807) is 16.4 Å². The molecule has 22 heavy (non-hydrogen) atoms. The second kappa shape index (κ2) is 5.81. The lowest BCUT2D eigenvalue weighted by Crippen LogP contribution is -2.25. The molecule has 5 nitrogen and oxygen atoms in total. The van der Waals surface area contributed by atoms with Crippen molar-refractivity contribution in [2.75, 3.05) is 11.4 Å². The van der Waals surface area contributed by atoms with Crippen LogP contribution in [0.2, 0.25) is 0 Å². The first kappa shape index (κ1) is 14.6. The first-order chi connectivity index (χ1) is 10.6. The van der Waals surface area contributed by atoms with Crippen LogP contribution < -0.4 is 9.04 Å². The zero-order valence-corrected chi connectivity index (χ0v) is 12.7. The van der Waals surface area contributed by atoms with E-state index in [0.717, 1.165) is 11.3 Å². The van der Waals surface area contributed by atoms with Gasteiger partial charge in [-0.05, 0) is 23.8 Å². The van der Waals surface area contributed by atoms with E-state index in [1.807, 2.05) is 36.4 Å². The van der Waals surface area contributed by atoms with Gasteiger partial charge in [-0.1, -0.05) is 30.3 Å². The Morgan fingerprint density at radius 1 is 1.23 bits per heavy atom. The molecule has 2 aromatic carbocycles. The molecule has 0 radical (unpaired) electrons. The average molecular weight is 317 g/mol. The quantitative estimate of drug-likeness (QED) is 0.941. The summed E-state index contributed by atoms with van der Waals surface area (Å²) in [5, 5.41) is 9.22. The number of hydrogen-bond donors (Lipinski definition) is 1. The molecule has 0 fully saturated rings. The summed E-state index contributed by atoms with van der Waals surface area (Å²) in [5.74, 6) is -0.414. The van der Waals surface area contributed by atoms with Crippen LogP contribution in [-0.4, -0.2) is 22.4 Å². The van der Waals surface area contributed by atoms with Crippen molar-refractivity contribution < 1.29 is 18.8 Å². The van der Waals surface area contributed by atoms with Crippen molar-refractivity contribution in [1.29, 1.82) is 0 Å². The molecule has 0 aliphatic carbocycles. The normalized spacial score (nSPS) is 19.8. The van der Waals surface area contributed by atoms with Crippen LogP contribution in [0.25, 0.3) is 0 Å². The molecule has 1 heterocycles. The second-order valence-electron chi connectivity index (χ2n) is 4.90. The van der Waals surface area contributed by atoms with Crippen molar-refractivity contribution in [2.45, 2.75) is 17.4 Å². The first-order valence-corrected chi connectivity index (χ1v) is 7.89. The molecule has 3 rings (SSSR count). The molecular formula is C16H15NO4S. The van der Waals surface area contributed by atoms with Gasteiger partial charge in [-0.2, -0.15) is 0 Å². The maximum atomic E-state index is 12.9. The second-order valence-corrected chi connectivity index (χ2v) is 6.20. The molecule has 0 bridgehead atoms. The summed E-state index contributed by atoms with van der Waals surface area (Å²) in [7, 11) is 0.0186. The monoisotopic (exact) mass is 317 g/mol. The van der Waals surface area contributed by atoms with E-state index < -0.39 is 23.0 Å². The molecule has 2 atom stereocenters. The maximum Gasteiger partial charge on any atom is 0.305 e. The number of carboxylic acid groups (broad SMARTS) is 1. The van der Waals surface area contributed by atoms with Crippen molar-refractivity contribution in [3.63, 3.8) is 0 Å². The summed E-state index contributed by atoms with van der Waals surface area (Å²) < 4.78 is 19.9. The molecule has 0 saturated heterocycles. The van der Waals surface area contributed by atoms with Gasteiger partial charge in [-0.15, -0.1) is 0 Å². The highest BCUT2D eigenvalue weighted by Crippen LogP contribution is 2.45. The number of fused-ring (bicyclic) bond motifs is 1. The largest absolute Gasteiger partial charge is 0.495 e. The molecule has 0 aromatic heterocycles. The first-order valence-electron chi connectivity index (χ1n) is 6.78. The fourth-order valence-electron chi connectivity index (χ4n) is 2.69. The molecule has 2 unspecified atom stereocenters. The highest BCUT2D eigenvalue weighted by Gasteiger charge is 2.40. The predicted molar refractivity (Wildman–Crippen MR) is 83.3 cm³/mol. The average Bonchev–Trinajstić information content (AvgIpc) is 2.80. The summed E-state index contributed by atoms with van der Waals surface area (Å²) in [6.45, 7) is 0. The third kappa shape index (κ3) is 2.35. The zero-order chi connectivity index (χ0) is 15.7. The molecule has 0 spiro atoms. The molecular weight excluding hydrogens is 302 g/mol. The number of para-hydroxylation sites is 1. The Morgan fingerprint density at radius 3 is 2.59 bits per heavy atom. The smallest absolute Gasteiger partial charge is 0.305 e. The molecule has 1 aliphatic rings. The van der Waals surface area contributed by atoms with Crippen molar-refractivity contribution in [1.82, 2.24) is 0 Å². The number of methoxy groups -OCH3 is 1. The summed E-state index contributed by atoms with van der Waals surface area (Å²) >= 11 is 0. The van der Waals surface area contributed by atoms with Gasteiger partial charge in [0.15, 0.2) is 11.0 Å². The molecule has 0 amide bonds. The van der Waals surface area contributed by atoms with Crippen LogP contribution in [0.3, 0.4) is 0 Å². The Kier molecular flexibility index (Phi) is 3.85. The number of aliphatic carboxylic acids is 1. The van der Waals surface area contributed by atoms with Crippen molar-refractivity contribution in [2.24, 2.45) is 0 Å². The molecule has 2 aromatic rings. The molecule has 1 aliphatic heterocycles. The highest BCUT2D eigenvalue weighted by atomic mass is 32.2. The van der Waals surface area contributed by atoms with Crippen LogP contribution >= 0.6 is 0 Å². The molecule has 1 N–H and O–H groups in total. The van der Waals surface area contributed by atoms with Crippen LogP contribution in [-0.2, 0) is 15.8 Å². The third-order valence-corrected chi connectivity index (χ3v) is 5.21. The number of carbonyl (C=O) groups is 1. The fraction of sp³-hybridized carbons (Fsp3) is 0.188. The van der Waals surface area contributed by atoms with Crippen LogP contribution in [0.4, 0.5) is 5.69 Å². The number of rotatable bonds is 4. The lowest BCUT2D eigenvalue weighted by Gasteiger charge is -2.24. The Morgan fingerprint density at radius 2 is 1.95 bits per heavy atom. The highest BCUT2D eigenvalue weighted by molar-refractivity contribution is 7.87. The van der Waals surface area contributed by atoms with E-state index in [0.29, 0.717) is 10.6 Å². The number of nitrogens with zero attached hydrogens (tertiary/aromatic N) is 1. The van der Waals surface area contributed by atoms with Gasteiger partial charge in [0, 0.05) is 0 Å². The van der Waals surface area contributed by atoms with Gasteiger partial charge in [0.1, 0.15) is 10.6 Å². The SMILES string of the molecule is COc1cccc2c1S(=O)N(c1ccccc1)C2CC(=O)O. The Labute approximate surface area is 130 Å². The fourth-order valence-corrected chi connectivity index (χ4v) is 4.35. The van der Waals surface area contributed by atoms with E-state index in [-0.39, 0.29) is 6.42 Å². The zero-order valence-electron chi connectivity index (χ0n) is 11.9. The number of carboxylic acids is 1. The minimum Gasteiger partial charge on any atom is -0.495 e. The summed E-state index contributed by atoms with van der Waals surface area (Å²) in [6, 6.07) is 14.0. The Balaban J connectivity index is 2.15. The van der Waals surface area contributed by atoms with E-state index in [1.165, 1.54) is 7.11 Å². The van der Waals surface area contributed by atoms with Crippen molar-refractivity contribution in [3.05, 3.63) is 54.1 Å². The minimum atomic E-state index is -1.50. The lowest BCUT2D eigenvalue weighted by molar-refractivity contribution is -0.137. The van der Waals surface area contributed by atoms with E-state index >= 15 is 0 Å². The minimum absolute atomic E-state index is 0.124. The van der Waals surface area contributed by atoms with Gasteiger partial charge in [-0.3, -0.25) is 9.10 Å². The van der Waals surface area contributed by atoms with Gasteiger partial charge in [-0.25, -0.2) is 4.21 Å². The van der Waals surface area contributed by atoms with Gasteiger partial charge >= 0.3 is 5.97 Å². The number of anilines is 1. The Bertz CT molecular complexity index is 732.